The number of aliphatic hydroxyl groups is 2. The summed E-state index contributed by atoms with van der Waals surface area (Å²) in [6.45, 7) is 11.0. The molecule has 50 heavy (non-hydrogen) atoms. The molecular weight excluding hydrogens is 646 g/mol. The Morgan fingerprint density at radius 3 is 1.92 bits per heavy atom. The maximum absolute atomic E-state index is 14.0. The van der Waals surface area contributed by atoms with Crippen molar-refractivity contribution in [2.75, 3.05) is 20.2 Å². The van der Waals surface area contributed by atoms with Crippen molar-refractivity contribution >= 4 is 35.5 Å². The van der Waals surface area contributed by atoms with E-state index in [1.165, 1.54) is 38.1 Å². The molecule has 288 valence electrons. The van der Waals surface area contributed by atoms with E-state index in [1.54, 1.807) is 13.8 Å². The third kappa shape index (κ3) is 14.9. The first-order valence-electron chi connectivity index (χ1n) is 18.5. The fourth-order valence-electron chi connectivity index (χ4n) is 5.96. The molecule has 0 aromatic rings. The van der Waals surface area contributed by atoms with Crippen LogP contribution >= 0.6 is 0 Å². The van der Waals surface area contributed by atoms with E-state index in [4.69, 9.17) is 4.74 Å². The van der Waals surface area contributed by atoms with Crippen LogP contribution in [0.15, 0.2) is 0 Å². The van der Waals surface area contributed by atoms with Gasteiger partial charge in [0.15, 0.2) is 0 Å². The summed E-state index contributed by atoms with van der Waals surface area (Å²) in [5.74, 6) is -5.63. The lowest BCUT2D eigenvalue weighted by atomic mass is 9.94. The lowest BCUT2D eigenvalue weighted by Gasteiger charge is -2.34. The van der Waals surface area contributed by atoms with E-state index in [0.29, 0.717) is 19.3 Å². The number of hydrogen-bond acceptors (Lipinski definition) is 9. The van der Waals surface area contributed by atoms with E-state index in [1.807, 2.05) is 20.8 Å². The van der Waals surface area contributed by atoms with Gasteiger partial charge in [0.25, 0.3) is 0 Å². The summed E-state index contributed by atoms with van der Waals surface area (Å²) in [5.41, 5.74) is 0. The van der Waals surface area contributed by atoms with E-state index < -0.39 is 96.9 Å². The van der Waals surface area contributed by atoms with Gasteiger partial charge in [0.1, 0.15) is 36.8 Å². The number of likely N-dealkylation sites (N-methyl/N-ethyl adjacent to an activating group) is 1. The van der Waals surface area contributed by atoms with Gasteiger partial charge in [-0.2, -0.15) is 0 Å². The second-order valence-corrected chi connectivity index (χ2v) is 14.2. The van der Waals surface area contributed by atoms with Gasteiger partial charge in [-0.15, -0.1) is 0 Å². The molecule has 14 nitrogen and oxygen atoms in total. The van der Waals surface area contributed by atoms with E-state index >= 15 is 0 Å². The van der Waals surface area contributed by atoms with Crippen molar-refractivity contribution < 1.29 is 43.7 Å². The number of hydrogen-bond donors (Lipinski definition) is 6. The Hall–Kier alpha value is -3.26. The average molecular weight is 712 g/mol. The van der Waals surface area contributed by atoms with Crippen molar-refractivity contribution in [1.29, 1.82) is 0 Å². The number of carbonyl (C=O) groups is 6. The number of aliphatic hydroxyl groups excluding tert-OH is 2. The molecule has 1 heterocycles. The Morgan fingerprint density at radius 2 is 1.38 bits per heavy atom. The summed E-state index contributed by atoms with van der Waals surface area (Å²) in [7, 11) is 1.52. The first-order chi connectivity index (χ1) is 23.6. The highest BCUT2D eigenvalue weighted by Gasteiger charge is 2.38. The van der Waals surface area contributed by atoms with Crippen molar-refractivity contribution in [3.05, 3.63) is 0 Å². The molecule has 0 aromatic carbocycles. The second-order valence-electron chi connectivity index (χ2n) is 14.2. The summed E-state index contributed by atoms with van der Waals surface area (Å²) in [5, 5.41) is 30.2. The van der Waals surface area contributed by atoms with Gasteiger partial charge in [0.05, 0.1) is 18.6 Å². The zero-order chi connectivity index (χ0) is 38.0. The van der Waals surface area contributed by atoms with Gasteiger partial charge in [-0.1, -0.05) is 92.9 Å². The summed E-state index contributed by atoms with van der Waals surface area (Å²) in [6.07, 6.45) is 7.29. The SMILES string of the molecule is CCCCCCCCCC[C@H]1OC(=O)CNC(=O)[C@H]([C@H](C)O)NC(=O)[C@H](CO)NC(=O)[C@H]([C@@H](C)CC)NC(=O)[C@H](CC(C)C)N(C)C(=O)[C@@H]1C. The summed E-state index contributed by atoms with van der Waals surface area (Å²) >= 11 is 0. The Kier molecular flexibility index (Phi) is 20.8. The van der Waals surface area contributed by atoms with Crippen molar-refractivity contribution in [3.63, 3.8) is 0 Å². The Bertz CT molecular complexity index is 1100. The number of carbonyl (C=O) groups excluding carboxylic acids is 6. The van der Waals surface area contributed by atoms with Crippen LogP contribution in [0.1, 0.15) is 119 Å². The zero-order valence-corrected chi connectivity index (χ0v) is 31.6. The molecule has 14 heteroatoms. The highest BCUT2D eigenvalue weighted by atomic mass is 16.5. The first kappa shape index (κ1) is 44.8. The maximum atomic E-state index is 14.0. The van der Waals surface area contributed by atoms with Crippen molar-refractivity contribution in [2.45, 2.75) is 155 Å². The highest BCUT2D eigenvalue weighted by Crippen LogP contribution is 2.22. The van der Waals surface area contributed by atoms with Crippen LogP contribution < -0.4 is 21.3 Å². The van der Waals surface area contributed by atoms with Gasteiger partial charge in [-0.25, -0.2) is 0 Å². The van der Waals surface area contributed by atoms with E-state index in [0.717, 1.165) is 25.7 Å². The molecule has 5 amide bonds. The molecule has 0 saturated carbocycles. The minimum atomic E-state index is -1.53. The third-order valence-electron chi connectivity index (χ3n) is 9.46. The van der Waals surface area contributed by atoms with Crippen molar-refractivity contribution in [3.8, 4) is 0 Å². The molecule has 0 unspecified atom stereocenters. The fraction of sp³-hybridized carbons (Fsp3) is 0.833. The molecule has 6 N–H and O–H groups in total. The lowest BCUT2D eigenvalue weighted by Crippen LogP contribution is -2.61. The molecule has 0 bridgehead atoms. The molecule has 8 atom stereocenters. The molecule has 0 aliphatic carbocycles. The van der Waals surface area contributed by atoms with Gasteiger partial charge in [0.2, 0.25) is 29.5 Å². The summed E-state index contributed by atoms with van der Waals surface area (Å²) < 4.78 is 5.79. The van der Waals surface area contributed by atoms with E-state index in [9.17, 15) is 39.0 Å². The Morgan fingerprint density at radius 1 is 0.800 bits per heavy atom. The fourth-order valence-corrected chi connectivity index (χ4v) is 5.96. The molecule has 1 fully saturated rings. The average Bonchev–Trinajstić information content (AvgIpc) is 3.07. The van der Waals surface area contributed by atoms with Gasteiger partial charge in [0, 0.05) is 7.05 Å². The number of cyclic esters (lactones) is 1. The van der Waals surface area contributed by atoms with E-state index in [-0.39, 0.29) is 12.3 Å². The number of unbranched alkanes of at least 4 members (excludes halogenated alkanes) is 7. The lowest BCUT2D eigenvalue weighted by molar-refractivity contribution is -0.157. The number of amides is 5. The maximum Gasteiger partial charge on any atom is 0.325 e. The molecule has 1 aliphatic heterocycles. The number of esters is 1. The number of rotatable bonds is 15. The third-order valence-corrected chi connectivity index (χ3v) is 9.46. The molecule has 1 saturated heterocycles. The van der Waals surface area contributed by atoms with Crippen LogP contribution in [-0.4, -0.2) is 107 Å². The first-order valence-corrected chi connectivity index (χ1v) is 18.5. The Labute approximate surface area is 298 Å². The van der Waals surface area contributed by atoms with Gasteiger partial charge in [-0.3, -0.25) is 28.8 Å². The second kappa shape index (κ2) is 23.3. The zero-order valence-electron chi connectivity index (χ0n) is 31.6. The van der Waals surface area contributed by atoms with Crippen LogP contribution in [0.3, 0.4) is 0 Å². The number of nitrogens with one attached hydrogen (secondary N) is 4. The van der Waals surface area contributed by atoms with Crippen LogP contribution in [0.2, 0.25) is 0 Å². The molecule has 0 aromatic heterocycles. The number of ether oxygens (including phenoxy) is 1. The van der Waals surface area contributed by atoms with Crippen LogP contribution in [-0.2, 0) is 33.5 Å². The Balaban J connectivity index is 3.50. The van der Waals surface area contributed by atoms with Crippen molar-refractivity contribution in [1.82, 2.24) is 26.2 Å². The molecule has 0 spiro atoms. The summed E-state index contributed by atoms with van der Waals surface area (Å²) in [4.78, 5) is 81.9. The van der Waals surface area contributed by atoms with Gasteiger partial charge >= 0.3 is 5.97 Å². The highest BCUT2D eigenvalue weighted by molar-refractivity contribution is 5.96. The minimum Gasteiger partial charge on any atom is -0.460 e. The quantitative estimate of drug-likeness (QED) is 0.108. The smallest absolute Gasteiger partial charge is 0.325 e. The van der Waals surface area contributed by atoms with Crippen LogP contribution in [0.5, 0.6) is 0 Å². The van der Waals surface area contributed by atoms with Gasteiger partial charge in [-0.05, 0) is 38.0 Å². The largest absolute Gasteiger partial charge is 0.460 e. The molecule has 1 aliphatic rings. The minimum absolute atomic E-state index is 0.00678. The van der Waals surface area contributed by atoms with Crippen molar-refractivity contribution in [2.24, 2.45) is 17.8 Å². The summed E-state index contributed by atoms with van der Waals surface area (Å²) in [6, 6.07) is -5.15. The monoisotopic (exact) mass is 711 g/mol. The van der Waals surface area contributed by atoms with Crippen LogP contribution in [0.4, 0.5) is 0 Å². The molecular formula is C36H65N5O9. The molecule has 1 rings (SSSR count). The van der Waals surface area contributed by atoms with Gasteiger partial charge < -0.3 is 41.1 Å². The van der Waals surface area contributed by atoms with Crippen LogP contribution in [0, 0.1) is 17.8 Å². The predicted octanol–water partition coefficient (Wildman–Crippen LogP) is 1.94. The topological polar surface area (TPSA) is 203 Å². The van der Waals surface area contributed by atoms with E-state index in [2.05, 4.69) is 28.2 Å². The normalized spacial score (nSPS) is 26.5. The van der Waals surface area contributed by atoms with Crippen LogP contribution in [0.25, 0.3) is 0 Å². The predicted molar refractivity (Wildman–Crippen MR) is 189 cm³/mol. The number of nitrogens with zero attached hydrogens (tertiary/aromatic N) is 1. The standard InChI is InChI=1S/C36H65N5O9/c1-9-11-12-13-14-15-16-17-18-28-24(6)36(49)41(8)27(19-22(3)4)33(46)39-30(23(5)10-2)35(48)38-26(21-42)32(45)40-31(25(7)43)34(47)37-20-29(44)50-28/h22-28,30-31,42-43H,9-21H2,1-8H3,(H,37,47)(H,38,48)(H,39,46)(H,40,45)/t23-,24+,25-,26-,27-,28+,30-,31-/m0/s1. The molecule has 0 radical (unpaired) electrons.